The molecule has 0 saturated carbocycles. The normalized spacial score (nSPS) is 10.5. The number of hydrogen-bond acceptors (Lipinski definition) is 5. The third-order valence-electron chi connectivity index (χ3n) is 3.72. The summed E-state index contributed by atoms with van der Waals surface area (Å²) in [5.74, 6) is 0.575. The Morgan fingerprint density at radius 2 is 1.64 bits per heavy atom. The fourth-order valence-electron chi connectivity index (χ4n) is 2.55. The van der Waals surface area contributed by atoms with Gasteiger partial charge >= 0.3 is 0 Å². The molecule has 0 heterocycles. The Hall–Kier alpha value is -2.77. The van der Waals surface area contributed by atoms with E-state index < -0.39 is 0 Å². The third kappa shape index (κ3) is 6.44. The molecular formula is C20H24ClN3O4. The van der Waals surface area contributed by atoms with Crippen LogP contribution in [0.5, 0.6) is 11.5 Å². The predicted octanol–water partition coefficient (Wildman–Crippen LogP) is 3.26. The molecule has 0 aromatic heterocycles. The van der Waals surface area contributed by atoms with Gasteiger partial charge in [-0.25, -0.2) is 0 Å². The average molecular weight is 406 g/mol. The van der Waals surface area contributed by atoms with E-state index in [9.17, 15) is 9.59 Å². The number of nitrogens with one attached hydrogen (secondary N) is 2. The second-order valence-corrected chi connectivity index (χ2v) is 6.48. The molecule has 2 amide bonds. The molecule has 0 atom stereocenters. The molecule has 8 heteroatoms. The van der Waals surface area contributed by atoms with Crippen molar-refractivity contribution in [1.82, 2.24) is 4.90 Å². The third-order valence-corrected chi connectivity index (χ3v) is 3.96. The number of ether oxygens (including phenoxy) is 2. The smallest absolute Gasteiger partial charge is 0.238 e. The summed E-state index contributed by atoms with van der Waals surface area (Å²) in [6.45, 7) is 2.44. The van der Waals surface area contributed by atoms with Gasteiger partial charge in [-0.15, -0.1) is 0 Å². The van der Waals surface area contributed by atoms with E-state index in [1.807, 2.05) is 19.1 Å². The lowest BCUT2D eigenvalue weighted by atomic mass is 10.3. The lowest BCUT2D eigenvalue weighted by Gasteiger charge is -2.17. The van der Waals surface area contributed by atoms with Crippen LogP contribution in [-0.2, 0) is 9.59 Å². The van der Waals surface area contributed by atoms with Crippen LogP contribution in [0.4, 0.5) is 11.4 Å². The Balaban J connectivity index is 1.89. The second-order valence-electron chi connectivity index (χ2n) is 6.04. The van der Waals surface area contributed by atoms with Crippen molar-refractivity contribution < 1.29 is 19.1 Å². The number of para-hydroxylation sites is 2. The second kappa shape index (κ2) is 10.5. The molecule has 0 aliphatic heterocycles. The van der Waals surface area contributed by atoms with Crippen molar-refractivity contribution in [3.8, 4) is 11.5 Å². The Morgan fingerprint density at radius 1 is 1.00 bits per heavy atom. The van der Waals surface area contributed by atoms with Crippen LogP contribution in [0.3, 0.4) is 0 Å². The van der Waals surface area contributed by atoms with Gasteiger partial charge < -0.3 is 20.1 Å². The van der Waals surface area contributed by atoms with Crippen molar-refractivity contribution in [1.29, 1.82) is 0 Å². The molecule has 0 spiro atoms. The molecule has 150 valence electrons. The number of hydrogen-bond donors (Lipinski definition) is 2. The molecule has 0 aliphatic rings. The van der Waals surface area contributed by atoms with Crippen LogP contribution in [0, 0.1) is 0 Å². The SMILES string of the molecule is CCOc1ccccc1NC(=O)CN(C)CC(=O)Nc1cc(Cl)ccc1OC. The highest BCUT2D eigenvalue weighted by Gasteiger charge is 2.14. The Labute approximate surface area is 169 Å². The van der Waals surface area contributed by atoms with E-state index in [1.165, 1.54) is 7.11 Å². The van der Waals surface area contributed by atoms with Crippen LogP contribution in [0.25, 0.3) is 0 Å². The van der Waals surface area contributed by atoms with Crippen LogP contribution in [0.15, 0.2) is 42.5 Å². The minimum atomic E-state index is -0.286. The highest BCUT2D eigenvalue weighted by molar-refractivity contribution is 6.31. The number of carbonyl (C=O) groups excluding carboxylic acids is 2. The maximum absolute atomic E-state index is 12.3. The molecule has 0 unspecified atom stereocenters. The summed E-state index contributed by atoms with van der Waals surface area (Å²) >= 11 is 5.96. The molecule has 0 fully saturated rings. The summed E-state index contributed by atoms with van der Waals surface area (Å²) in [6.07, 6.45) is 0. The van der Waals surface area contributed by atoms with E-state index in [2.05, 4.69) is 10.6 Å². The number of amides is 2. The van der Waals surface area contributed by atoms with Gasteiger partial charge in [-0.2, -0.15) is 0 Å². The Bertz CT molecular complexity index is 829. The summed E-state index contributed by atoms with van der Waals surface area (Å²) < 4.78 is 10.7. The first-order valence-electron chi connectivity index (χ1n) is 8.76. The fraction of sp³-hybridized carbons (Fsp3) is 0.300. The molecule has 28 heavy (non-hydrogen) atoms. The van der Waals surface area contributed by atoms with Crippen LogP contribution >= 0.6 is 11.6 Å². The number of anilines is 2. The van der Waals surface area contributed by atoms with Crippen LogP contribution < -0.4 is 20.1 Å². The number of benzene rings is 2. The van der Waals surface area contributed by atoms with Crippen molar-refractivity contribution in [2.45, 2.75) is 6.92 Å². The van der Waals surface area contributed by atoms with E-state index in [1.54, 1.807) is 42.3 Å². The Morgan fingerprint density at radius 3 is 2.29 bits per heavy atom. The van der Waals surface area contributed by atoms with Gasteiger partial charge in [0.05, 0.1) is 38.2 Å². The quantitative estimate of drug-likeness (QED) is 0.669. The number of carbonyl (C=O) groups is 2. The lowest BCUT2D eigenvalue weighted by Crippen LogP contribution is -2.36. The topological polar surface area (TPSA) is 79.9 Å². The first-order valence-corrected chi connectivity index (χ1v) is 9.14. The number of likely N-dealkylation sites (N-methyl/N-ethyl adjacent to an activating group) is 1. The molecule has 2 aromatic carbocycles. The van der Waals surface area contributed by atoms with Gasteiger partial charge in [-0.05, 0) is 44.3 Å². The van der Waals surface area contributed by atoms with E-state index in [0.29, 0.717) is 34.5 Å². The molecule has 0 bridgehead atoms. The van der Waals surface area contributed by atoms with Gasteiger partial charge in [0.2, 0.25) is 11.8 Å². The standard InChI is InChI=1S/C20H24ClN3O4/c1-4-28-18-8-6-5-7-15(18)22-19(25)12-24(2)13-20(26)23-16-11-14(21)9-10-17(16)27-3/h5-11H,4,12-13H2,1-3H3,(H,22,25)(H,23,26). The van der Waals surface area contributed by atoms with Gasteiger partial charge in [0.15, 0.2) is 0 Å². The van der Waals surface area contributed by atoms with Gasteiger partial charge in [-0.1, -0.05) is 23.7 Å². The zero-order chi connectivity index (χ0) is 20.5. The number of methoxy groups -OCH3 is 1. The van der Waals surface area contributed by atoms with Crippen LogP contribution in [0.1, 0.15) is 6.92 Å². The highest BCUT2D eigenvalue weighted by atomic mass is 35.5. The zero-order valence-corrected chi connectivity index (χ0v) is 16.9. The molecule has 7 nitrogen and oxygen atoms in total. The van der Waals surface area contributed by atoms with Crippen LogP contribution in [0.2, 0.25) is 5.02 Å². The summed E-state index contributed by atoms with van der Waals surface area (Å²) in [7, 11) is 3.19. The number of halogens is 1. The monoisotopic (exact) mass is 405 g/mol. The summed E-state index contributed by atoms with van der Waals surface area (Å²) in [5, 5.41) is 6.02. The lowest BCUT2D eigenvalue weighted by molar-refractivity contribution is -0.119. The predicted molar refractivity (Wildman–Crippen MR) is 110 cm³/mol. The first kappa shape index (κ1) is 21.5. The molecule has 2 aromatic rings. The van der Waals surface area contributed by atoms with Crippen molar-refractivity contribution in [3.63, 3.8) is 0 Å². The average Bonchev–Trinajstić information content (AvgIpc) is 2.63. The maximum atomic E-state index is 12.3. The molecule has 2 rings (SSSR count). The number of nitrogens with zero attached hydrogens (tertiary/aromatic N) is 1. The zero-order valence-electron chi connectivity index (χ0n) is 16.1. The van der Waals surface area contributed by atoms with Gasteiger partial charge in [-0.3, -0.25) is 14.5 Å². The Kier molecular flexibility index (Phi) is 8.10. The summed E-state index contributed by atoms with van der Waals surface area (Å²) in [4.78, 5) is 26.2. The van der Waals surface area contributed by atoms with E-state index in [4.69, 9.17) is 21.1 Å². The van der Waals surface area contributed by atoms with E-state index in [0.717, 1.165) is 0 Å². The van der Waals surface area contributed by atoms with Crippen molar-refractivity contribution >= 4 is 34.8 Å². The number of rotatable bonds is 9. The highest BCUT2D eigenvalue weighted by Crippen LogP contribution is 2.27. The first-order chi connectivity index (χ1) is 13.4. The summed E-state index contributed by atoms with van der Waals surface area (Å²) in [6, 6.07) is 12.2. The fourth-order valence-corrected chi connectivity index (χ4v) is 2.73. The van der Waals surface area contributed by atoms with Crippen molar-refractivity contribution in [2.75, 3.05) is 44.5 Å². The molecule has 2 N–H and O–H groups in total. The summed E-state index contributed by atoms with van der Waals surface area (Å²) in [5.41, 5.74) is 1.07. The molecule has 0 saturated heterocycles. The molecular weight excluding hydrogens is 382 g/mol. The molecule has 0 aliphatic carbocycles. The van der Waals surface area contributed by atoms with Gasteiger partial charge in [0.25, 0.3) is 0 Å². The van der Waals surface area contributed by atoms with Gasteiger partial charge in [0, 0.05) is 5.02 Å². The van der Waals surface area contributed by atoms with E-state index in [-0.39, 0.29) is 24.9 Å². The maximum Gasteiger partial charge on any atom is 0.238 e. The minimum Gasteiger partial charge on any atom is -0.495 e. The minimum absolute atomic E-state index is 0.0240. The van der Waals surface area contributed by atoms with E-state index >= 15 is 0 Å². The van der Waals surface area contributed by atoms with Crippen LogP contribution in [-0.4, -0.2) is 50.6 Å². The largest absolute Gasteiger partial charge is 0.495 e. The van der Waals surface area contributed by atoms with Gasteiger partial charge in [0.1, 0.15) is 11.5 Å². The van der Waals surface area contributed by atoms with Crippen molar-refractivity contribution in [2.24, 2.45) is 0 Å². The molecule has 0 radical (unpaired) electrons. The van der Waals surface area contributed by atoms with Crippen molar-refractivity contribution in [3.05, 3.63) is 47.5 Å².